The molecule has 1 atom stereocenters. The zero-order valence-corrected chi connectivity index (χ0v) is 9.56. The Labute approximate surface area is 90.3 Å². The van der Waals surface area contributed by atoms with Gasteiger partial charge >= 0.3 is 0 Å². The fraction of sp³-hybridized carbons (Fsp3) is 0.500. The van der Waals surface area contributed by atoms with Gasteiger partial charge in [-0.1, -0.05) is 6.92 Å². The molecule has 1 unspecified atom stereocenters. The molecule has 0 fully saturated rings. The van der Waals surface area contributed by atoms with Crippen molar-refractivity contribution in [1.29, 1.82) is 0 Å². The molecule has 5 heteroatoms. The summed E-state index contributed by atoms with van der Waals surface area (Å²) in [5.41, 5.74) is 5.48. The first-order valence-corrected chi connectivity index (χ1v) is 5.13. The summed E-state index contributed by atoms with van der Waals surface area (Å²) in [7, 11) is 0. The van der Waals surface area contributed by atoms with Crippen molar-refractivity contribution in [2.45, 2.75) is 13.5 Å². The standard InChI is InChI=1S/C8H12IN3O/c1-6(2-10)4-12-5-11-3-7(9)8(12)13/h3,5-6H,2,4,10H2,1H3. The second-order valence-corrected chi connectivity index (χ2v) is 4.20. The zero-order valence-electron chi connectivity index (χ0n) is 7.40. The zero-order chi connectivity index (χ0) is 9.84. The quantitative estimate of drug-likeness (QED) is 0.823. The lowest BCUT2D eigenvalue weighted by Gasteiger charge is -2.10. The van der Waals surface area contributed by atoms with E-state index < -0.39 is 0 Å². The summed E-state index contributed by atoms with van der Waals surface area (Å²) < 4.78 is 2.24. The van der Waals surface area contributed by atoms with Gasteiger partial charge in [-0.05, 0) is 35.1 Å². The highest BCUT2D eigenvalue weighted by Gasteiger charge is 2.04. The van der Waals surface area contributed by atoms with Gasteiger partial charge in [0.15, 0.2) is 0 Å². The summed E-state index contributed by atoms with van der Waals surface area (Å²) in [6, 6.07) is 0. The Kier molecular flexibility index (Phi) is 3.86. The van der Waals surface area contributed by atoms with Crippen molar-refractivity contribution in [2.75, 3.05) is 6.54 Å². The van der Waals surface area contributed by atoms with Crippen molar-refractivity contribution < 1.29 is 0 Å². The topological polar surface area (TPSA) is 60.9 Å². The number of aromatic nitrogens is 2. The summed E-state index contributed by atoms with van der Waals surface area (Å²) in [4.78, 5) is 15.4. The van der Waals surface area contributed by atoms with Crippen molar-refractivity contribution >= 4 is 22.6 Å². The van der Waals surface area contributed by atoms with E-state index in [0.717, 1.165) is 0 Å². The molecule has 1 aromatic rings. The number of nitrogens with zero attached hydrogens (tertiary/aromatic N) is 2. The van der Waals surface area contributed by atoms with Crippen LogP contribution in [0.15, 0.2) is 17.3 Å². The van der Waals surface area contributed by atoms with E-state index in [0.29, 0.717) is 22.6 Å². The number of nitrogens with two attached hydrogens (primary N) is 1. The third kappa shape index (κ3) is 2.77. The van der Waals surface area contributed by atoms with E-state index in [1.807, 2.05) is 29.5 Å². The monoisotopic (exact) mass is 293 g/mol. The average Bonchev–Trinajstić information content (AvgIpc) is 2.13. The fourth-order valence-corrected chi connectivity index (χ4v) is 1.44. The molecule has 13 heavy (non-hydrogen) atoms. The van der Waals surface area contributed by atoms with Gasteiger partial charge in [-0.3, -0.25) is 9.36 Å². The van der Waals surface area contributed by atoms with Gasteiger partial charge in [0.05, 0.1) is 9.90 Å². The Balaban J connectivity index is 2.89. The van der Waals surface area contributed by atoms with Gasteiger partial charge < -0.3 is 5.73 Å². The lowest BCUT2D eigenvalue weighted by Crippen LogP contribution is -2.27. The molecule has 0 amide bonds. The van der Waals surface area contributed by atoms with Crippen LogP contribution in [0.3, 0.4) is 0 Å². The Morgan fingerprint density at radius 1 is 1.77 bits per heavy atom. The molecule has 0 aliphatic heterocycles. The maximum Gasteiger partial charge on any atom is 0.266 e. The minimum Gasteiger partial charge on any atom is -0.330 e. The third-order valence-electron chi connectivity index (χ3n) is 1.77. The second kappa shape index (κ2) is 4.71. The SMILES string of the molecule is CC(CN)Cn1cncc(I)c1=O. The lowest BCUT2D eigenvalue weighted by molar-refractivity contribution is 0.476. The van der Waals surface area contributed by atoms with Crippen LogP contribution in [0.1, 0.15) is 6.92 Å². The Bertz CT molecular complexity index is 336. The van der Waals surface area contributed by atoms with Crippen LogP contribution < -0.4 is 11.3 Å². The minimum absolute atomic E-state index is 0.0101. The molecule has 0 saturated heterocycles. The van der Waals surface area contributed by atoms with Crippen LogP contribution in [0.2, 0.25) is 0 Å². The first kappa shape index (κ1) is 10.6. The largest absolute Gasteiger partial charge is 0.330 e. The number of halogens is 1. The third-order valence-corrected chi connectivity index (χ3v) is 2.51. The molecule has 0 aliphatic rings. The normalized spacial score (nSPS) is 12.8. The van der Waals surface area contributed by atoms with Crippen LogP contribution in [0.5, 0.6) is 0 Å². The Hall–Kier alpha value is -0.430. The van der Waals surface area contributed by atoms with Gasteiger partial charge in [0, 0.05) is 12.7 Å². The fourth-order valence-electron chi connectivity index (χ4n) is 0.964. The molecular formula is C8H12IN3O. The maximum atomic E-state index is 11.5. The van der Waals surface area contributed by atoms with Gasteiger partial charge in [-0.15, -0.1) is 0 Å². The van der Waals surface area contributed by atoms with Crippen LogP contribution in [0.4, 0.5) is 0 Å². The summed E-state index contributed by atoms with van der Waals surface area (Å²) >= 11 is 1.98. The summed E-state index contributed by atoms with van der Waals surface area (Å²) in [6.45, 7) is 3.23. The van der Waals surface area contributed by atoms with Crippen molar-refractivity contribution in [1.82, 2.24) is 9.55 Å². The van der Waals surface area contributed by atoms with Gasteiger partial charge in [-0.25, -0.2) is 4.98 Å². The Morgan fingerprint density at radius 2 is 2.46 bits per heavy atom. The molecule has 0 aliphatic carbocycles. The molecule has 72 valence electrons. The number of rotatable bonds is 3. The second-order valence-electron chi connectivity index (χ2n) is 3.04. The van der Waals surface area contributed by atoms with E-state index in [1.54, 1.807) is 17.1 Å². The molecule has 0 aromatic carbocycles. The average molecular weight is 293 g/mol. The number of hydrogen-bond donors (Lipinski definition) is 1. The van der Waals surface area contributed by atoms with Crippen LogP contribution >= 0.6 is 22.6 Å². The van der Waals surface area contributed by atoms with Crippen LogP contribution in [-0.2, 0) is 6.54 Å². The molecule has 0 saturated carbocycles. The highest BCUT2D eigenvalue weighted by Crippen LogP contribution is 1.97. The molecule has 0 spiro atoms. The molecule has 1 rings (SSSR count). The van der Waals surface area contributed by atoms with Crippen LogP contribution in [0.25, 0.3) is 0 Å². The van der Waals surface area contributed by atoms with Gasteiger partial charge in [0.25, 0.3) is 5.56 Å². The molecule has 4 nitrogen and oxygen atoms in total. The van der Waals surface area contributed by atoms with Crippen LogP contribution in [-0.4, -0.2) is 16.1 Å². The Morgan fingerprint density at radius 3 is 3.08 bits per heavy atom. The summed E-state index contributed by atoms with van der Waals surface area (Å²) in [5.74, 6) is 0.303. The predicted molar refractivity (Wildman–Crippen MR) is 59.4 cm³/mol. The van der Waals surface area contributed by atoms with Crippen molar-refractivity contribution in [3.63, 3.8) is 0 Å². The van der Waals surface area contributed by atoms with E-state index in [4.69, 9.17) is 5.73 Å². The van der Waals surface area contributed by atoms with Gasteiger partial charge in [0.1, 0.15) is 0 Å². The number of hydrogen-bond acceptors (Lipinski definition) is 3. The summed E-state index contributed by atoms with van der Waals surface area (Å²) in [6.07, 6.45) is 3.11. The van der Waals surface area contributed by atoms with E-state index >= 15 is 0 Å². The minimum atomic E-state index is 0.0101. The maximum absolute atomic E-state index is 11.5. The molecule has 0 bridgehead atoms. The van der Waals surface area contributed by atoms with Gasteiger partial charge in [0.2, 0.25) is 0 Å². The molecular weight excluding hydrogens is 281 g/mol. The highest BCUT2D eigenvalue weighted by molar-refractivity contribution is 14.1. The highest BCUT2D eigenvalue weighted by atomic mass is 127. The molecule has 2 N–H and O–H groups in total. The first-order chi connectivity index (χ1) is 6.15. The van der Waals surface area contributed by atoms with E-state index in [9.17, 15) is 4.79 Å². The van der Waals surface area contributed by atoms with E-state index in [2.05, 4.69) is 4.98 Å². The molecule has 0 radical (unpaired) electrons. The molecule has 1 aromatic heterocycles. The van der Waals surface area contributed by atoms with Crippen LogP contribution in [0, 0.1) is 9.49 Å². The smallest absolute Gasteiger partial charge is 0.266 e. The van der Waals surface area contributed by atoms with E-state index in [1.165, 1.54) is 0 Å². The van der Waals surface area contributed by atoms with Crippen molar-refractivity contribution in [3.05, 3.63) is 26.4 Å². The lowest BCUT2D eigenvalue weighted by atomic mass is 10.2. The predicted octanol–water partition coefficient (Wildman–Crippen LogP) is 0.443. The first-order valence-electron chi connectivity index (χ1n) is 4.05. The van der Waals surface area contributed by atoms with Crippen molar-refractivity contribution in [2.24, 2.45) is 11.7 Å². The van der Waals surface area contributed by atoms with Gasteiger partial charge in [-0.2, -0.15) is 0 Å². The molecule has 1 heterocycles. The summed E-state index contributed by atoms with van der Waals surface area (Å²) in [5, 5.41) is 0. The van der Waals surface area contributed by atoms with E-state index in [-0.39, 0.29) is 5.56 Å². The van der Waals surface area contributed by atoms with Crippen molar-refractivity contribution in [3.8, 4) is 0 Å².